The second-order valence-electron chi connectivity index (χ2n) is 17.1. The Balaban J connectivity index is 1.30. The molecule has 304 valence electrons. The molecule has 12 nitrogen and oxygen atoms in total. The zero-order chi connectivity index (χ0) is 41.6. The molecule has 0 spiro atoms. The summed E-state index contributed by atoms with van der Waals surface area (Å²) in [6.45, 7) is 27.5. The van der Waals surface area contributed by atoms with Crippen molar-refractivity contribution in [1.82, 2.24) is 9.67 Å². The van der Waals surface area contributed by atoms with Gasteiger partial charge in [0.2, 0.25) is 5.82 Å². The molecule has 0 saturated heterocycles. The van der Waals surface area contributed by atoms with Crippen LogP contribution in [0.2, 0.25) is 0 Å². The summed E-state index contributed by atoms with van der Waals surface area (Å²) < 4.78 is 31.5. The molecule has 2 N–H and O–H groups in total. The second kappa shape index (κ2) is 16.1. The van der Waals surface area contributed by atoms with Gasteiger partial charge in [-0.25, -0.2) is 9.64 Å². The SMILES string of the molecule is [C-]#[N+]C1=Cc2n(C(=O)OC3C(C)CC(C)CC3C)c(-c3ccc(C)c(NS(=O)Oc4cc(C)ccc4C)c3)n[n+]2C1=Nc1ccc2c(c1)C(C)CC(C)(C)N2CCO. The molecule has 1 aliphatic carbocycles. The van der Waals surface area contributed by atoms with Crippen molar-refractivity contribution >= 4 is 46.3 Å². The molecule has 58 heavy (non-hydrogen) atoms. The van der Waals surface area contributed by atoms with Crippen molar-refractivity contribution < 1.29 is 27.7 Å². The van der Waals surface area contributed by atoms with Crippen LogP contribution in [-0.2, 0) is 16.0 Å². The molecule has 7 rings (SSSR count). The number of allylic oxidation sites excluding steroid dienone is 1. The van der Waals surface area contributed by atoms with E-state index >= 15 is 0 Å². The summed E-state index contributed by atoms with van der Waals surface area (Å²) in [7, 11) is 0. The normalized spacial score (nSPS) is 23.4. The molecule has 3 heterocycles. The third kappa shape index (κ3) is 7.92. The molecule has 0 bridgehead atoms. The number of hydrogen-bond donors (Lipinski definition) is 2. The van der Waals surface area contributed by atoms with Gasteiger partial charge in [-0.3, -0.25) is 4.72 Å². The largest absolute Gasteiger partial charge is 0.483 e. The summed E-state index contributed by atoms with van der Waals surface area (Å²) in [6, 6.07) is 17.2. The van der Waals surface area contributed by atoms with Crippen molar-refractivity contribution in [3.8, 4) is 17.1 Å². The molecule has 1 fully saturated rings. The molecular weight excluding hydrogens is 751 g/mol. The minimum atomic E-state index is -1.93. The van der Waals surface area contributed by atoms with Crippen LogP contribution in [0.1, 0.15) is 94.8 Å². The van der Waals surface area contributed by atoms with E-state index in [1.54, 1.807) is 16.8 Å². The van der Waals surface area contributed by atoms with Gasteiger partial charge < -0.3 is 18.9 Å². The molecule has 4 unspecified atom stereocenters. The molecule has 3 aliphatic rings. The highest BCUT2D eigenvalue weighted by Crippen LogP contribution is 2.44. The number of benzene rings is 3. The van der Waals surface area contributed by atoms with Crippen molar-refractivity contribution in [3.63, 3.8) is 0 Å². The number of aryl methyl sites for hydroxylation is 3. The topological polar surface area (TPSA) is 127 Å². The quantitative estimate of drug-likeness (QED) is 0.128. The number of rotatable bonds is 9. The van der Waals surface area contributed by atoms with E-state index in [0.717, 1.165) is 47.2 Å². The second-order valence-corrected chi connectivity index (χ2v) is 18.0. The van der Waals surface area contributed by atoms with Gasteiger partial charge in [0.25, 0.3) is 17.4 Å². The van der Waals surface area contributed by atoms with Gasteiger partial charge in [0, 0.05) is 29.4 Å². The third-order valence-electron chi connectivity index (χ3n) is 11.9. The number of nitrogens with one attached hydrogen (secondary N) is 1. The lowest BCUT2D eigenvalue weighted by molar-refractivity contribution is -0.616. The van der Waals surface area contributed by atoms with E-state index in [-0.39, 0.29) is 53.4 Å². The van der Waals surface area contributed by atoms with Crippen LogP contribution < -0.4 is 18.5 Å². The summed E-state index contributed by atoms with van der Waals surface area (Å²) in [5.74, 6) is 2.52. The predicted molar refractivity (Wildman–Crippen MR) is 228 cm³/mol. The fourth-order valence-corrected chi connectivity index (χ4v) is 9.96. The van der Waals surface area contributed by atoms with Crippen LogP contribution in [0, 0.1) is 45.1 Å². The van der Waals surface area contributed by atoms with Gasteiger partial charge in [-0.15, -0.1) is 14.2 Å². The number of aromatic nitrogens is 3. The lowest BCUT2D eigenvalue weighted by atomic mass is 9.75. The lowest BCUT2D eigenvalue weighted by Crippen LogP contribution is -2.49. The summed E-state index contributed by atoms with van der Waals surface area (Å²) in [6.07, 6.45) is 3.54. The highest BCUT2D eigenvalue weighted by Gasteiger charge is 2.42. The van der Waals surface area contributed by atoms with Crippen LogP contribution in [0.5, 0.6) is 5.75 Å². The minimum absolute atomic E-state index is 0.0439. The summed E-state index contributed by atoms with van der Waals surface area (Å²) >= 11 is -1.93. The van der Waals surface area contributed by atoms with E-state index in [1.165, 1.54) is 4.57 Å². The molecule has 13 heteroatoms. The smallest absolute Gasteiger partial charge is 0.433 e. The van der Waals surface area contributed by atoms with Gasteiger partial charge in [0.1, 0.15) is 17.5 Å². The Hall–Kier alpha value is -5.32. The van der Waals surface area contributed by atoms with Crippen molar-refractivity contribution in [2.75, 3.05) is 22.8 Å². The molecule has 4 aromatic rings. The average molecular weight is 805 g/mol. The number of anilines is 2. The molecule has 1 aromatic heterocycles. The Bertz CT molecular complexity index is 2380. The number of aliphatic hydroxyl groups excluding tert-OH is 1. The Morgan fingerprint density at radius 1 is 1.05 bits per heavy atom. The lowest BCUT2D eigenvalue weighted by Gasteiger charge is -2.47. The van der Waals surface area contributed by atoms with Crippen LogP contribution in [0.25, 0.3) is 22.3 Å². The number of fused-ring (bicyclic) bond motifs is 2. The number of hydrogen-bond acceptors (Lipinski definition) is 8. The first kappa shape index (κ1) is 40.9. The molecular formula is C45H54N7O5S+. The highest BCUT2D eigenvalue weighted by atomic mass is 32.2. The Morgan fingerprint density at radius 2 is 1.78 bits per heavy atom. The monoisotopic (exact) mass is 804 g/mol. The van der Waals surface area contributed by atoms with Gasteiger partial charge in [-0.2, -0.15) is 4.21 Å². The first-order valence-electron chi connectivity index (χ1n) is 20.1. The van der Waals surface area contributed by atoms with E-state index in [9.17, 15) is 14.1 Å². The van der Waals surface area contributed by atoms with Gasteiger partial charge in [-0.05, 0) is 136 Å². The number of carbonyl (C=O) groups is 1. The van der Waals surface area contributed by atoms with E-state index < -0.39 is 17.4 Å². The maximum absolute atomic E-state index is 14.5. The zero-order valence-electron chi connectivity index (χ0n) is 34.9. The highest BCUT2D eigenvalue weighted by molar-refractivity contribution is 7.82. The number of aliphatic imine (C=N–C) groups is 1. The Labute approximate surface area is 344 Å². The third-order valence-corrected chi connectivity index (χ3v) is 12.6. The van der Waals surface area contributed by atoms with Gasteiger partial charge >= 0.3 is 17.4 Å². The average Bonchev–Trinajstić information content (AvgIpc) is 3.70. The minimum Gasteiger partial charge on any atom is -0.433 e. The van der Waals surface area contributed by atoms with Crippen LogP contribution >= 0.6 is 0 Å². The van der Waals surface area contributed by atoms with Crippen molar-refractivity contribution in [2.24, 2.45) is 22.7 Å². The van der Waals surface area contributed by atoms with Gasteiger partial charge in [-0.1, -0.05) is 51.0 Å². The van der Waals surface area contributed by atoms with Crippen LogP contribution in [0.15, 0.2) is 65.3 Å². The molecule has 2 aliphatic heterocycles. The predicted octanol–water partition coefficient (Wildman–Crippen LogP) is 8.82. The molecule has 0 amide bonds. The van der Waals surface area contributed by atoms with E-state index in [1.807, 2.05) is 69.3 Å². The van der Waals surface area contributed by atoms with Gasteiger partial charge in [0.05, 0.1) is 18.9 Å². The van der Waals surface area contributed by atoms with Crippen molar-refractivity contribution in [1.29, 1.82) is 0 Å². The Morgan fingerprint density at radius 3 is 2.48 bits per heavy atom. The maximum Gasteiger partial charge on any atom is 0.483 e. The Kier molecular flexibility index (Phi) is 11.4. The fourth-order valence-electron chi connectivity index (χ4n) is 9.17. The first-order chi connectivity index (χ1) is 27.6. The van der Waals surface area contributed by atoms with E-state index in [0.29, 0.717) is 41.0 Å². The number of β-amino-alcohol motifs (C(OH)–C–C–N with tert-alkyl or cyclic N) is 1. The molecule has 3 aromatic carbocycles. The fraction of sp³-hybridized carbons (Fsp3) is 0.444. The number of aliphatic hydroxyl groups is 1. The van der Waals surface area contributed by atoms with Gasteiger partial charge in [0.15, 0.2) is 0 Å². The number of nitrogens with zero attached hydrogens (tertiary/aromatic N) is 6. The summed E-state index contributed by atoms with van der Waals surface area (Å²) in [4.78, 5) is 25.6. The standard InChI is InChI=1S/C45H54N7O5S/c1-26-11-12-29(4)39(21-26)57-58(55)49-36-22-33(14-13-28(36)3)42-48-52-40(51(42)44(54)56-41-30(5)19-27(2)20-31(41)6)24-37(46-10)43(52)47-34-15-16-38-35(23-34)32(7)25-45(8,9)50(38)17-18-53/h11-16,21-24,27,30-32,41,49,53H,17-20,25H2,1-9H3/q+1. The number of ether oxygens (including phenoxy) is 1. The molecule has 4 atom stereocenters. The summed E-state index contributed by atoms with van der Waals surface area (Å²) in [5, 5.41) is 14.9. The van der Waals surface area contributed by atoms with Crippen molar-refractivity contribution in [3.05, 3.63) is 99.8 Å². The van der Waals surface area contributed by atoms with E-state index in [4.69, 9.17) is 25.6 Å². The van der Waals surface area contributed by atoms with E-state index in [2.05, 4.69) is 56.0 Å². The zero-order valence-corrected chi connectivity index (χ0v) is 35.7. The molecule has 1 saturated carbocycles. The molecule has 0 radical (unpaired) electrons. The summed E-state index contributed by atoms with van der Waals surface area (Å²) in [5.41, 5.74) is 6.66. The van der Waals surface area contributed by atoms with Crippen molar-refractivity contribution in [2.45, 2.75) is 99.1 Å². The number of carbonyl (C=O) groups excluding carboxylic acids is 1. The maximum atomic E-state index is 14.5. The first-order valence-corrected chi connectivity index (χ1v) is 21.2. The van der Waals surface area contributed by atoms with Crippen LogP contribution in [0.4, 0.5) is 21.9 Å². The van der Waals surface area contributed by atoms with Crippen LogP contribution in [0.3, 0.4) is 0 Å². The van der Waals surface area contributed by atoms with Crippen LogP contribution in [-0.4, -0.2) is 55.7 Å².